The minimum absolute atomic E-state index is 0.0723. The number of rotatable bonds is 6. The Labute approximate surface area is 71.6 Å². The molecule has 0 spiro atoms. The molecule has 0 aliphatic rings. The Balaban J connectivity index is 3.10. The zero-order valence-corrected chi connectivity index (χ0v) is 7.21. The molecule has 72 valence electrons. The number of aliphatic hydroxyl groups excluding tert-OH is 1. The summed E-state index contributed by atoms with van der Waals surface area (Å²) in [5.74, 6) is 0. The fourth-order valence-electron chi connectivity index (χ4n) is 0.494. The van der Waals surface area contributed by atoms with Gasteiger partial charge in [-0.15, -0.1) is 0 Å². The van der Waals surface area contributed by atoms with Crippen LogP contribution in [0.2, 0.25) is 0 Å². The van der Waals surface area contributed by atoms with Crippen LogP contribution in [0, 0.1) is 0 Å². The van der Waals surface area contributed by atoms with E-state index in [-0.39, 0.29) is 13.2 Å². The van der Waals surface area contributed by atoms with Crippen LogP contribution >= 0.6 is 0 Å². The van der Waals surface area contributed by atoms with E-state index >= 15 is 0 Å². The number of hydrogen-bond donors (Lipinski definition) is 2. The van der Waals surface area contributed by atoms with Gasteiger partial charge in [-0.1, -0.05) is 13.3 Å². The van der Waals surface area contributed by atoms with Crippen LogP contribution in [-0.4, -0.2) is 31.0 Å². The summed E-state index contributed by atoms with van der Waals surface area (Å²) in [6, 6.07) is 0. The first kappa shape index (κ1) is 11.2. The molecule has 0 rings (SSSR count). The smallest absolute Gasteiger partial charge is 0.431 e. The molecule has 12 heavy (non-hydrogen) atoms. The minimum Gasteiger partial charge on any atom is -0.448 e. The molecule has 0 radical (unpaired) electrons. The molecule has 0 saturated carbocycles. The SMILES string of the molecule is CCCCOC(=O)NOCCO. The predicted molar refractivity (Wildman–Crippen MR) is 42.4 cm³/mol. The summed E-state index contributed by atoms with van der Waals surface area (Å²) in [4.78, 5) is 15.2. The Morgan fingerprint density at radius 3 is 2.83 bits per heavy atom. The Bertz CT molecular complexity index is 106. The largest absolute Gasteiger partial charge is 0.448 e. The zero-order chi connectivity index (χ0) is 9.23. The number of ether oxygens (including phenoxy) is 1. The van der Waals surface area contributed by atoms with E-state index < -0.39 is 6.09 Å². The van der Waals surface area contributed by atoms with E-state index in [0.717, 1.165) is 12.8 Å². The summed E-state index contributed by atoms with van der Waals surface area (Å²) in [5.41, 5.74) is 2.02. The lowest BCUT2D eigenvalue weighted by molar-refractivity contribution is 0.0113. The highest BCUT2D eigenvalue weighted by atomic mass is 16.7. The van der Waals surface area contributed by atoms with Gasteiger partial charge in [0, 0.05) is 0 Å². The van der Waals surface area contributed by atoms with Gasteiger partial charge in [0.05, 0.1) is 19.8 Å². The van der Waals surface area contributed by atoms with E-state index in [1.54, 1.807) is 0 Å². The molecule has 2 N–H and O–H groups in total. The summed E-state index contributed by atoms with van der Waals surface area (Å²) in [6.07, 6.45) is 1.20. The van der Waals surface area contributed by atoms with Crippen molar-refractivity contribution in [3.05, 3.63) is 0 Å². The quantitative estimate of drug-likeness (QED) is 0.456. The van der Waals surface area contributed by atoms with Gasteiger partial charge in [-0.2, -0.15) is 5.48 Å². The number of carbonyl (C=O) groups excluding carboxylic acids is 1. The molecular weight excluding hydrogens is 162 g/mol. The predicted octanol–water partition coefficient (Wildman–Crippen LogP) is 0.437. The highest BCUT2D eigenvalue weighted by Gasteiger charge is 1.99. The summed E-state index contributed by atoms with van der Waals surface area (Å²) in [5, 5.41) is 8.28. The van der Waals surface area contributed by atoms with Gasteiger partial charge in [-0.3, -0.25) is 4.84 Å². The average Bonchev–Trinajstić information content (AvgIpc) is 2.06. The lowest BCUT2D eigenvalue weighted by atomic mass is 10.4. The van der Waals surface area contributed by atoms with Gasteiger partial charge in [0.2, 0.25) is 0 Å². The molecule has 0 fully saturated rings. The first-order valence-corrected chi connectivity index (χ1v) is 3.96. The normalized spacial score (nSPS) is 9.50. The topological polar surface area (TPSA) is 67.8 Å². The van der Waals surface area contributed by atoms with Gasteiger partial charge in [-0.25, -0.2) is 4.79 Å². The van der Waals surface area contributed by atoms with Gasteiger partial charge < -0.3 is 9.84 Å². The maximum Gasteiger partial charge on any atom is 0.431 e. The molecule has 0 bridgehead atoms. The Hall–Kier alpha value is -0.810. The number of nitrogens with one attached hydrogen (secondary N) is 1. The summed E-state index contributed by atoms with van der Waals surface area (Å²) in [7, 11) is 0. The minimum atomic E-state index is -0.614. The van der Waals surface area contributed by atoms with Crippen LogP contribution in [-0.2, 0) is 9.57 Å². The molecule has 0 aromatic carbocycles. The molecule has 0 atom stereocenters. The highest BCUT2D eigenvalue weighted by Crippen LogP contribution is 1.87. The maximum absolute atomic E-state index is 10.7. The van der Waals surface area contributed by atoms with Crippen molar-refractivity contribution in [2.24, 2.45) is 0 Å². The second kappa shape index (κ2) is 8.29. The molecular formula is C7H15NO4. The Morgan fingerprint density at radius 2 is 2.25 bits per heavy atom. The third-order valence-corrected chi connectivity index (χ3v) is 1.08. The van der Waals surface area contributed by atoms with Gasteiger partial charge >= 0.3 is 6.09 Å². The number of aliphatic hydroxyl groups is 1. The molecule has 0 aliphatic carbocycles. The van der Waals surface area contributed by atoms with Crippen molar-refractivity contribution >= 4 is 6.09 Å². The molecule has 0 unspecified atom stereocenters. The van der Waals surface area contributed by atoms with Crippen molar-refractivity contribution in [3.8, 4) is 0 Å². The van der Waals surface area contributed by atoms with Gasteiger partial charge in [0.1, 0.15) is 0 Å². The van der Waals surface area contributed by atoms with Crippen LogP contribution in [0.5, 0.6) is 0 Å². The molecule has 5 heteroatoms. The van der Waals surface area contributed by atoms with Crippen molar-refractivity contribution in [2.75, 3.05) is 19.8 Å². The fourth-order valence-corrected chi connectivity index (χ4v) is 0.494. The molecule has 0 saturated heterocycles. The average molecular weight is 177 g/mol. The second-order valence-corrected chi connectivity index (χ2v) is 2.16. The van der Waals surface area contributed by atoms with E-state index in [1.165, 1.54) is 0 Å². The van der Waals surface area contributed by atoms with Crippen molar-refractivity contribution in [3.63, 3.8) is 0 Å². The molecule has 0 aromatic heterocycles. The highest BCUT2D eigenvalue weighted by molar-refractivity contribution is 5.65. The Morgan fingerprint density at radius 1 is 1.50 bits per heavy atom. The first-order chi connectivity index (χ1) is 5.81. The number of hydrogen-bond acceptors (Lipinski definition) is 4. The number of amides is 1. The monoisotopic (exact) mass is 177 g/mol. The third kappa shape index (κ3) is 7.30. The lowest BCUT2D eigenvalue weighted by Gasteiger charge is -2.04. The van der Waals surface area contributed by atoms with Crippen molar-refractivity contribution in [2.45, 2.75) is 19.8 Å². The van der Waals surface area contributed by atoms with Gasteiger partial charge in [0.15, 0.2) is 0 Å². The lowest BCUT2D eigenvalue weighted by Crippen LogP contribution is -2.26. The van der Waals surface area contributed by atoms with Gasteiger partial charge in [-0.05, 0) is 6.42 Å². The molecule has 5 nitrogen and oxygen atoms in total. The maximum atomic E-state index is 10.7. The van der Waals surface area contributed by atoms with Crippen LogP contribution < -0.4 is 5.48 Å². The van der Waals surface area contributed by atoms with E-state index in [9.17, 15) is 4.79 Å². The first-order valence-electron chi connectivity index (χ1n) is 3.96. The number of carbonyl (C=O) groups is 1. The van der Waals surface area contributed by atoms with Crippen molar-refractivity contribution in [1.82, 2.24) is 5.48 Å². The zero-order valence-electron chi connectivity index (χ0n) is 7.21. The number of hydroxylamine groups is 1. The van der Waals surface area contributed by atoms with E-state index in [2.05, 4.69) is 9.57 Å². The molecule has 0 aromatic rings. The van der Waals surface area contributed by atoms with Crippen LogP contribution in [0.25, 0.3) is 0 Å². The fraction of sp³-hybridized carbons (Fsp3) is 0.857. The van der Waals surface area contributed by atoms with Crippen LogP contribution in [0.4, 0.5) is 4.79 Å². The summed E-state index contributed by atoms with van der Waals surface area (Å²) >= 11 is 0. The van der Waals surface area contributed by atoms with E-state index in [1.807, 2.05) is 12.4 Å². The van der Waals surface area contributed by atoms with E-state index in [0.29, 0.717) is 6.61 Å². The Kier molecular flexibility index (Phi) is 7.73. The van der Waals surface area contributed by atoms with Crippen LogP contribution in [0.3, 0.4) is 0 Å². The standard InChI is InChI=1S/C7H15NO4/c1-2-3-5-11-7(10)8-12-6-4-9/h9H,2-6H2,1H3,(H,8,10). The molecule has 0 heterocycles. The van der Waals surface area contributed by atoms with E-state index in [4.69, 9.17) is 5.11 Å². The third-order valence-electron chi connectivity index (χ3n) is 1.08. The van der Waals surface area contributed by atoms with Crippen LogP contribution in [0.15, 0.2) is 0 Å². The number of unbranched alkanes of at least 4 members (excludes halogenated alkanes) is 1. The van der Waals surface area contributed by atoms with Crippen LogP contribution in [0.1, 0.15) is 19.8 Å². The summed E-state index contributed by atoms with van der Waals surface area (Å²) in [6.45, 7) is 2.34. The second-order valence-electron chi connectivity index (χ2n) is 2.16. The molecule has 0 aliphatic heterocycles. The molecule has 1 amide bonds. The van der Waals surface area contributed by atoms with Crippen molar-refractivity contribution in [1.29, 1.82) is 0 Å². The van der Waals surface area contributed by atoms with Crippen molar-refractivity contribution < 1.29 is 19.5 Å². The van der Waals surface area contributed by atoms with Gasteiger partial charge in [0.25, 0.3) is 0 Å². The summed E-state index contributed by atoms with van der Waals surface area (Å²) < 4.78 is 4.67.